The van der Waals surface area contributed by atoms with Crippen LogP contribution in [0.2, 0.25) is 0 Å². The number of nitrogens with two attached hydrogens (primary N) is 1. The van der Waals surface area contributed by atoms with E-state index in [4.69, 9.17) is 5.73 Å². The highest BCUT2D eigenvalue weighted by Crippen LogP contribution is 2.30. The lowest BCUT2D eigenvalue weighted by molar-refractivity contribution is 0.0951. The first-order valence-corrected chi connectivity index (χ1v) is 6.11. The van der Waals surface area contributed by atoms with Crippen LogP contribution in [0.15, 0.2) is 30.3 Å². The Morgan fingerprint density at radius 2 is 2.17 bits per heavy atom. The summed E-state index contributed by atoms with van der Waals surface area (Å²) in [7, 11) is 0. The number of para-hydroxylation sites is 1. The zero-order valence-corrected chi connectivity index (χ0v) is 10.2. The summed E-state index contributed by atoms with van der Waals surface area (Å²) in [5.74, 6) is 0.900. The smallest absolute Gasteiger partial charge is 0.252 e. The molecule has 1 aliphatic rings. The number of carbonyl (C=O) groups is 1. The molecule has 2 aromatic rings. The van der Waals surface area contributed by atoms with Crippen molar-refractivity contribution in [3.8, 4) is 0 Å². The number of rotatable bonds is 2. The van der Waals surface area contributed by atoms with Gasteiger partial charge in [-0.15, -0.1) is 0 Å². The van der Waals surface area contributed by atoms with Crippen LogP contribution in [0.4, 0.5) is 5.82 Å². The first-order valence-electron chi connectivity index (χ1n) is 6.11. The third-order valence-corrected chi connectivity index (χ3v) is 3.41. The lowest BCUT2D eigenvalue weighted by Gasteiger charge is -2.08. The van der Waals surface area contributed by atoms with Gasteiger partial charge < -0.3 is 11.1 Å². The van der Waals surface area contributed by atoms with Gasteiger partial charge in [-0.25, -0.2) is 4.98 Å². The van der Waals surface area contributed by atoms with Gasteiger partial charge in [0.1, 0.15) is 5.82 Å². The fourth-order valence-corrected chi connectivity index (χ4v) is 2.15. The van der Waals surface area contributed by atoms with Crippen molar-refractivity contribution in [2.45, 2.75) is 19.4 Å². The Hall–Kier alpha value is -2.10. The summed E-state index contributed by atoms with van der Waals surface area (Å²) in [4.78, 5) is 16.4. The number of pyridine rings is 1. The number of fused-ring (bicyclic) bond motifs is 1. The van der Waals surface area contributed by atoms with Crippen LogP contribution in [0.5, 0.6) is 0 Å². The van der Waals surface area contributed by atoms with Gasteiger partial charge >= 0.3 is 0 Å². The van der Waals surface area contributed by atoms with Crippen LogP contribution in [0.1, 0.15) is 23.7 Å². The summed E-state index contributed by atoms with van der Waals surface area (Å²) >= 11 is 0. The highest BCUT2D eigenvalue weighted by molar-refractivity contribution is 6.07. The monoisotopic (exact) mass is 241 g/mol. The number of aromatic nitrogens is 1. The van der Waals surface area contributed by atoms with E-state index >= 15 is 0 Å². The molecular formula is C14H15N3O. The topological polar surface area (TPSA) is 68.0 Å². The normalized spacial score (nSPS) is 21.8. The van der Waals surface area contributed by atoms with Gasteiger partial charge in [-0.3, -0.25) is 4.79 Å². The van der Waals surface area contributed by atoms with E-state index in [0.29, 0.717) is 23.3 Å². The molecule has 1 heterocycles. The molecular weight excluding hydrogens is 226 g/mol. The zero-order chi connectivity index (χ0) is 12.7. The van der Waals surface area contributed by atoms with Gasteiger partial charge in [-0.1, -0.05) is 25.1 Å². The molecule has 4 nitrogen and oxygen atoms in total. The Kier molecular flexibility index (Phi) is 2.44. The van der Waals surface area contributed by atoms with Crippen molar-refractivity contribution in [2.24, 2.45) is 5.92 Å². The lowest BCUT2D eigenvalue weighted by atomic mass is 10.1. The minimum Gasteiger partial charge on any atom is -0.384 e. The number of nitrogen functional groups attached to an aromatic ring is 1. The summed E-state index contributed by atoms with van der Waals surface area (Å²) in [5, 5.41) is 3.86. The molecule has 0 bridgehead atoms. The van der Waals surface area contributed by atoms with Gasteiger partial charge in [0, 0.05) is 11.4 Å². The Morgan fingerprint density at radius 1 is 1.44 bits per heavy atom. The molecule has 1 fully saturated rings. The van der Waals surface area contributed by atoms with Gasteiger partial charge in [0.2, 0.25) is 0 Å². The van der Waals surface area contributed by atoms with Crippen LogP contribution in [0, 0.1) is 5.92 Å². The van der Waals surface area contributed by atoms with E-state index < -0.39 is 0 Å². The van der Waals surface area contributed by atoms with Crippen LogP contribution in [0.25, 0.3) is 10.9 Å². The van der Waals surface area contributed by atoms with Crippen molar-refractivity contribution in [1.29, 1.82) is 0 Å². The Labute approximate surface area is 105 Å². The van der Waals surface area contributed by atoms with E-state index in [1.54, 1.807) is 6.07 Å². The summed E-state index contributed by atoms with van der Waals surface area (Å²) in [6.07, 6.45) is 1.06. The van der Waals surface area contributed by atoms with Gasteiger partial charge in [0.25, 0.3) is 5.91 Å². The minimum absolute atomic E-state index is 0.0605. The predicted molar refractivity (Wildman–Crippen MR) is 71.2 cm³/mol. The minimum atomic E-state index is -0.0605. The number of carbonyl (C=O) groups excluding carboxylic acids is 1. The molecule has 2 atom stereocenters. The van der Waals surface area contributed by atoms with Crippen LogP contribution in [-0.4, -0.2) is 16.9 Å². The van der Waals surface area contributed by atoms with Crippen molar-refractivity contribution in [1.82, 2.24) is 10.3 Å². The molecule has 2 unspecified atom stereocenters. The molecule has 18 heavy (non-hydrogen) atoms. The number of anilines is 1. The maximum atomic E-state index is 12.2. The summed E-state index contributed by atoms with van der Waals surface area (Å²) in [5.41, 5.74) is 7.11. The summed E-state index contributed by atoms with van der Waals surface area (Å²) in [6.45, 7) is 2.13. The maximum absolute atomic E-state index is 12.2. The van der Waals surface area contributed by atoms with E-state index in [9.17, 15) is 4.79 Å². The maximum Gasteiger partial charge on any atom is 0.252 e. The first-order chi connectivity index (χ1) is 8.65. The SMILES string of the molecule is CC1CC1NC(=O)c1cc(N)nc2ccccc12. The van der Waals surface area contributed by atoms with Crippen LogP contribution in [-0.2, 0) is 0 Å². The molecule has 3 rings (SSSR count). The number of nitrogens with one attached hydrogen (secondary N) is 1. The van der Waals surface area contributed by atoms with E-state index in [-0.39, 0.29) is 5.91 Å². The van der Waals surface area contributed by atoms with Gasteiger partial charge in [-0.2, -0.15) is 0 Å². The second kappa shape index (κ2) is 3.98. The Balaban J connectivity index is 2.01. The lowest BCUT2D eigenvalue weighted by Crippen LogP contribution is -2.27. The average molecular weight is 241 g/mol. The second-order valence-corrected chi connectivity index (χ2v) is 4.90. The number of hydrogen-bond donors (Lipinski definition) is 2. The number of benzene rings is 1. The molecule has 0 saturated heterocycles. The average Bonchev–Trinajstić information content (AvgIpc) is 3.03. The summed E-state index contributed by atoms with van der Waals surface area (Å²) in [6, 6.07) is 9.50. The fraction of sp³-hybridized carbons (Fsp3) is 0.286. The Bertz CT molecular complexity index is 623. The predicted octanol–water partition coefficient (Wildman–Crippen LogP) is 1.96. The third kappa shape index (κ3) is 1.90. The molecule has 1 aromatic carbocycles. The van der Waals surface area contributed by atoms with Gasteiger partial charge in [0.05, 0.1) is 11.1 Å². The van der Waals surface area contributed by atoms with Crippen molar-refractivity contribution >= 4 is 22.6 Å². The van der Waals surface area contributed by atoms with E-state index in [0.717, 1.165) is 17.3 Å². The van der Waals surface area contributed by atoms with Crippen LogP contribution >= 0.6 is 0 Å². The van der Waals surface area contributed by atoms with Gasteiger partial charge in [0.15, 0.2) is 0 Å². The van der Waals surface area contributed by atoms with E-state index in [2.05, 4.69) is 17.2 Å². The third-order valence-electron chi connectivity index (χ3n) is 3.41. The van der Waals surface area contributed by atoms with Gasteiger partial charge in [-0.05, 0) is 24.5 Å². The van der Waals surface area contributed by atoms with Crippen LogP contribution in [0.3, 0.4) is 0 Å². The number of amides is 1. The molecule has 92 valence electrons. The molecule has 0 spiro atoms. The van der Waals surface area contributed by atoms with E-state index in [1.165, 1.54) is 0 Å². The fourth-order valence-electron chi connectivity index (χ4n) is 2.15. The first kappa shape index (κ1) is 11.0. The number of nitrogens with zero attached hydrogens (tertiary/aromatic N) is 1. The quantitative estimate of drug-likeness (QED) is 0.844. The van der Waals surface area contributed by atoms with Crippen molar-refractivity contribution in [3.05, 3.63) is 35.9 Å². The highest BCUT2D eigenvalue weighted by atomic mass is 16.1. The second-order valence-electron chi connectivity index (χ2n) is 4.90. The van der Waals surface area contributed by atoms with Crippen LogP contribution < -0.4 is 11.1 Å². The molecule has 0 radical (unpaired) electrons. The van der Waals surface area contributed by atoms with Crippen molar-refractivity contribution < 1.29 is 4.79 Å². The molecule has 1 aromatic heterocycles. The largest absolute Gasteiger partial charge is 0.384 e. The van der Waals surface area contributed by atoms with E-state index in [1.807, 2.05) is 24.3 Å². The molecule has 3 N–H and O–H groups in total. The molecule has 1 aliphatic carbocycles. The van der Waals surface area contributed by atoms with Crippen molar-refractivity contribution in [3.63, 3.8) is 0 Å². The molecule has 1 amide bonds. The van der Waals surface area contributed by atoms with Crippen molar-refractivity contribution in [2.75, 3.05) is 5.73 Å². The Morgan fingerprint density at radius 3 is 2.89 bits per heavy atom. The molecule has 0 aliphatic heterocycles. The molecule has 1 saturated carbocycles. The standard InChI is InChI=1S/C14H15N3O/c1-8-6-12(8)17-14(18)10-7-13(15)16-11-5-3-2-4-9(10)11/h2-5,7-8,12H,6H2,1H3,(H2,15,16)(H,17,18). The zero-order valence-electron chi connectivity index (χ0n) is 10.2. The highest BCUT2D eigenvalue weighted by Gasteiger charge is 2.34. The summed E-state index contributed by atoms with van der Waals surface area (Å²) < 4.78 is 0. The number of hydrogen-bond acceptors (Lipinski definition) is 3. The molecule has 4 heteroatoms.